The first-order valence-corrected chi connectivity index (χ1v) is 7.08. The van der Waals surface area contributed by atoms with Gasteiger partial charge in [0.25, 0.3) is 5.95 Å². The van der Waals surface area contributed by atoms with Gasteiger partial charge in [-0.25, -0.2) is 0 Å². The van der Waals surface area contributed by atoms with Gasteiger partial charge in [-0.05, 0) is 34.7 Å². The summed E-state index contributed by atoms with van der Waals surface area (Å²) in [6.07, 6.45) is 1.51. The minimum Gasteiger partial charge on any atom is -0.321 e. The molecule has 8 heteroatoms. The van der Waals surface area contributed by atoms with Gasteiger partial charge in [-0.1, -0.05) is 57.4 Å². The number of nitrogens with one attached hydrogen (secondary N) is 1. The molecule has 0 saturated heterocycles. The molecule has 0 saturated carbocycles. The van der Waals surface area contributed by atoms with Crippen molar-refractivity contribution >= 4 is 41.1 Å². The van der Waals surface area contributed by atoms with Crippen LogP contribution in [0.4, 0.5) is 11.6 Å². The molecule has 0 atom stereocenters. The first-order chi connectivity index (χ1) is 10.7. The molecule has 0 aliphatic heterocycles. The van der Waals surface area contributed by atoms with E-state index in [4.69, 9.17) is 23.2 Å². The minimum atomic E-state index is 0.380. The molecule has 0 unspecified atom stereocenters. The Morgan fingerprint density at radius 3 is 2.45 bits per heavy atom. The van der Waals surface area contributed by atoms with Crippen molar-refractivity contribution < 1.29 is 0 Å². The van der Waals surface area contributed by atoms with Gasteiger partial charge in [-0.2, -0.15) is 5.10 Å². The maximum absolute atomic E-state index is 6.09. The molecular weight excluding hydrogens is 323 g/mol. The van der Waals surface area contributed by atoms with Crippen molar-refractivity contribution in [1.82, 2.24) is 20.3 Å². The summed E-state index contributed by atoms with van der Waals surface area (Å²) in [5, 5.41) is 19.5. The van der Waals surface area contributed by atoms with E-state index in [9.17, 15) is 0 Å². The standard InChI is InChI=1S/C14H10Cl2N6/c15-12-7-4-8-13(16)11(12)9-17-22-14(19-20-21-22)18-10-5-2-1-3-6-10/h1-9H,(H,18,19,21)/b17-9+. The molecule has 2 aromatic carbocycles. The highest BCUT2D eigenvalue weighted by atomic mass is 35.5. The second-order valence-electron chi connectivity index (χ2n) is 4.26. The summed E-state index contributed by atoms with van der Waals surface area (Å²) in [6.45, 7) is 0. The molecule has 0 aliphatic rings. The lowest BCUT2D eigenvalue weighted by Crippen LogP contribution is -2.01. The number of rotatable bonds is 4. The number of anilines is 2. The fraction of sp³-hybridized carbons (Fsp3) is 0. The van der Waals surface area contributed by atoms with Crippen LogP contribution in [-0.4, -0.2) is 26.5 Å². The molecule has 0 fully saturated rings. The van der Waals surface area contributed by atoms with Crippen LogP contribution in [0.1, 0.15) is 5.56 Å². The molecule has 1 heterocycles. The van der Waals surface area contributed by atoms with E-state index in [-0.39, 0.29) is 0 Å². The fourth-order valence-corrected chi connectivity index (χ4v) is 2.23. The molecule has 0 amide bonds. The second kappa shape index (κ2) is 6.55. The Balaban J connectivity index is 1.85. The Kier molecular flexibility index (Phi) is 4.32. The number of para-hydroxylation sites is 1. The number of hydrogen-bond donors (Lipinski definition) is 1. The maximum atomic E-state index is 6.09. The summed E-state index contributed by atoms with van der Waals surface area (Å²) >= 11 is 12.2. The van der Waals surface area contributed by atoms with E-state index in [0.717, 1.165) is 5.69 Å². The molecule has 0 bridgehead atoms. The molecule has 3 rings (SSSR count). The van der Waals surface area contributed by atoms with Crippen LogP contribution in [0.2, 0.25) is 10.0 Å². The molecule has 110 valence electrons. The molecule has 22 heavy (non-hydrogen) atoms. The summed E-state index contributed by atoms with van der Waals surface area (Å²) in [5.41, 5.74) is 1.46. The van der Waals surface area contributed by atoms with Crippen molar-refractivity contribution in [2.75, 3.05) is 5.32 Å². The number of benzene rings is 2. The van der Waals surface area contributed by atoms with E-state index in [0.29, 0.717) is 21.6 Å². The quantitative estimate of drug-likeness (QED) is 0.741. The maximum Gasteiger partial charge on any atom is 0.269 e. The Morgan fingerprint density at radius 2 is 1.73 bits per heavy atom. The highest BCUT2D eigenvalue weighted by molar-refractivity contribution is 6.38. The summed E-state index contributed by atoms with van der Waals surface area (Å²) in [5.74, 6) is 0.380. The van der Waals surface area contributed by atoms with Gasteiger partial charge in [0, 0.05) is 11.3 Å². The highest BCUT2D eigenvalue weighted by Gasteiger charge is 2.06. The summed E-state index contributed by atoms with van der Waals surface area (Å²) in [6, 6.07) is 14.8. The van der Waals surface area contributed by atoms with Crippen molar-refractivity contribution in [2.45, 2.75) is 0 Å². The third-order valence-electron chi connectivity index (χ3n) is 2.78. The predicted octanol–water partition coefficient (Wildman–Crippen LogP) is 3.61. The zero-order valence-electron chi connectivity index (χ0n) is 11.2. The van der Waals surface area contributed by atoms with Crippen molar-refractivity contribution in [2.24, 2.45) is 5.10 Å². The Labute approximate surface area is 136 Å². The van der Waals surface area contributed by atoms with Gasteiger partial charge in [-0.3, -0.25) is 0 Å². The van der Waals surface area contributed by atoms with Crippen LogP contribution in [0.3, 0.4) is 0 Å². The van der Waals surface area contributed by atoms with Crippen molar-refractivity contribution in [3.05, 3.63) is 64.1 Å². The smallest absolute Gasteiger partial charge is 0.269 e. The molecule has 1 aromatic heterocycles. The van der Waals surface area contributed by atoms with Crippen LogP contribution in [0.25, 0.3) is 0 Å². The predicted molar refractivity (Wildman–Crippen MR) is 87.0 cm³/mol. The average molecular weight is 333 g/mol. The second-order valence-corrected chi connectivity index (χ2v) is 5.08. The minimum absolute atomic E-state index is 0.380. The van der Waals surface area contributed by atoms with Crippen molar-refractivity contribution in [1.29, 1.82) is 0 Å². The van der Waals surface area contributed by atoms with Crippen molar-refractivity contribution in [3.63, 3.8) is 0 Å². The summed E-state index contributed by atoms with van der Waals surface area (Å²) in [4.78, 5) is 1.26. The van der Waals surface area contributed by atoms with Gasteiger partial charge in [0.15, 0.2) is 0 Å². The van der Waals surface area contributed by atoms with E-state index in [1.807, 2.05) is 30.3 Å². The van der Waals surface area contributed by atoms with E-state index in [2.05, 4.69) is 25.9 Å². The van der Waals surface area contributed by atoms with Gasteiger partial charge in [0.2, 0.25) is 0 Å². The van der Waals surface area contributed by atoms with Gasteiger partial charge in [-0.15, -0.1) is 0 Å². The first kappa shape index (κ1) is 14.5. The van der Waals surface area contributed by atoms with Gasteiger partial charge >= 0.3 is 0 Å². The number of nitrogens with zero attached hydrogens (tertiary/aromatic N) is 5. The van der Waals surface area contributed by atoms with E-state index < -0.39 is 0 Å². The monoisotopic (exact) mass is 332 g/mol. The van der Waals surface area contributed by atoms with Gasteiger partial charge in [0.1, 0.15) is 0 Å². The summed E-state index contributed by atoms with van der Waals surface area (Å²) < 4.78 is 0. The molecule has 1 N–H and O–H groups in total. The zero-order valence-corrected chi connectivity index (χ0v) is 12.7. The van der Waals surface area contributed by atoms with Crippen LogP contribution in [0.5, 0.6) is 0 Å². The Hall–Kier alpha value is -2.44. The Morgan fingerprint density at radius 1 is 1.00 bits per heavy atom. The van der Waals surface area contributed by atoms with Gasteiger partial charge < -0.3 is 5.32 Å². The lowest BCUT2D eigenvalue weighted by atomic mass is 10.2. The highest BCUT2D eigenvalue weighted by Crippen LogP contribution is 2.22. The van der Waals surface area contributed by atoms with Crippen LogP contribution in [-0.2, 0) is 0 Å². The average Bonchev–Trinajstić information content (AvgIpc) is 2.95. The van der Waals surface area contributed by atoms with E-state index >= 15 is 0 Å². The Bertz CT molecular complexity index is 780. The largest absolute Gasteiger partial charge is 0.321 e. The van der Waals surface area contributed by atoms with Crippen LogP contribution < -0.4 is 5.32 Å². The zero-order chi connectivity index (χ0) is 15.4. The van der Waals surface area contributed by atoms with E-state index in [1.54, 1.807) is 18.2 Å². The number of tetrazole rings is 1. The molecule has 0 spiro atoms. The van der Waals surface area contributed by atoms with E-state index in [1.165, 1.54) is 11.0 Å². The summed E-state index contributed by atoms with van der Waals surface area (Å²) in [7, 11) is 0. The van der Waals surface area contributed by atoms with Crippen molar-refractivity contribution in [3.8, 4) is 0 Å². The third kappa shape index (κ3) is 3.24. The van der Waals surface area contributed by atoms with Gasteiger partial charge in [0.05, 0.1) is 16.3 Å². The SMILES string of the molecule is Clc1cccc(Cl)c1/C=N/n1nnnc1Nc1ccccc1. The molecule has 3 aromatic rings. The van der Waals surface area contributed by atoms with Crippen LogP contribution in [0.15, 0.2) is 53.6 Å². The number of halogens is 2. The lowest BCUT2D eigenvalue weighted by Gasteiger charge is -2.03. The molecular formula is C14H10Cl2N6. The fourth-order valence-electron chi connectivity index (χ4n) is 1.73. The topological polar surface area (TPSA) is 68.0 Å². The number of aromatic nitrogens is 4. The first-order valence-electron chi connectivity index (χ1n) is 6.33. The van der Waals surface area contributed by atoms with Crippen LogP contribution >= 0.6 is 23.2 Å². The third-order valence-corrected chi connectivity index (χ3v) is 3.44. The molecule has 6 nitrogen and oxygen atoms in total. The normalized spacial score (nSPS) is 11.0. The molecule has 0 aliphatic carbocycles. The molecule has 0 radical (unpaired) electrons. The number of hydrogen-bond acceptors (Lipinski definition) is 5. The lowest BCUT2D eigenvalue weighted by molar-refractivity contribution is 0.699. The van der Waals surface area contributed by atoms with Crippen LogP contribution in [0, 0.1) is 0 Å².